The van der Waals surface area contributed by atoms with Crippen LogP contribution in [-0.2, 0) is 0 Å². The van der Waals surface area contributed by atoms with Crippen molar-refractivity contribution in [1.29, 1.82) is 0 Å². The average Bonchev–Trinajstić information content (AvgIpc) is 3.32. The van der Waals surface area contributed by atoms with Gasteiger partial charge < -0.3 is 4.74 Å². The van der Waals surface area contributed by atoms with Crippen LogP contribution in [0.25, 0.3) is 0 Å². The molecule has 0 N–H and O–H groups in total. The second-order valence-corrected chi connectivity index (χ2v) is 6.89. The van der Waals surface area contributed by atoms with Crippen LogP contribution in [0.15, 0.2) is 71.4 Å². The third kappa shape index (κ3) is 2.12. The van der Waals surface area contributed by atoms with E-state index in [1.54, 1.807) is 17.5 Å². The number of thiophene rings is 1. The monoisotopic (exact) mass is 333 g/mol. The molecule has 0 saturated carbocycles. The number of benzene rings is 1. The summed E-state index contributed by atoms with van der Waals surface area (Å²) in [6, 6.07) is 16.7. The van der Waals surface area contributed by atoms with E-state index in [-0.39, 0.29) is 12.3 Å². The number of nitrogens with zero attached hydrogens (tertiary/aromatic N) is 3. The van der Waals surface area contributed by atoms with E-state index in [1.807, 2.05) is 18.3 Å². The smallest absolute Gasteiger partial charge is 0.222 e. The second-order valence-electron chi connectivity index (χ2n) is 5.91. The highest BCUT2D eigenvalue weighted by Gasteiger charge is 2.41. The van der Waals surface area contributed by atoms with E-state index in [2.05, 4.69) is 51.8 Å². The Morgan fingerprint density at radius 2 is 2.04 bits per heavy atom. The fraction of sp³-hybridized carbons (Fsp3) is 0.158. The minimum Gasteiger partial charge on any atom is -0.464 e. The van der Waals surface area contributed by atoms with Gasteiger partial charge in [-0.05, 0) is 23.6 Å². The lowest BCUT2D eigenvalue weighted by molar-refractivity contribution is -0.0165. The molecule has 4 heterocycles. The Hall–Kier alpha value is -2.66. The summed E-state index contributed by atoms with van der Waals surface area (Å²) in [6.45, 7) is 0. The van der Waals surface area contributed by atoms with Crippen LogP contribution in [0, 0.1) is 0 Å². The van der Waals surface area contributed by atoms with Crippen molar-refractivity contribution in [3.63, 3.8) is 0 Å². The van der Waals surface area contributed by atoms with E-state index < -0.39 is 0 Å². The number of hydrazone groups is 1. The predicted molar refractivity (Wildman–Crippen MR) is 94.1 cm³/mol. The van der Waals surface area contributed by atoms with Gasteiger partial charge >= 0.3 is 0 Å². The maximum atomic E-state index is 6.29. The Bertz CT molecular complexity index is 892. The molecule has 3 aromatic rings. The highest BCUT2D eigenvalue weighted by molar-refractivity contribution is 7.10. The summed E-state index contributed by atoms with van der Waals surface area (Å²) in [5.74, 6) is 0.958. The van der Waals surface area contributed by atoms with Gasteiger partial charge in [-0.3, -0.25) is 4.98 Å². The van der Waals surface area contributed by atoms with Crippen molar-refractivity contribution < 1.29 is 4.74 Å². The Kier molecular flexibility index (Phi) is 3.13. The van der Waals surface area contributed by atoms with E-state index in [4.69, 9.17) is 9.84 Å². The molecular weight excluding hydrogens is 318 g/mol. The first-order chi connectivity index (χ1) is 11.9. The molecule has 5 rings (SSSR count). The molecule has 24 heavy (non-hydrogen) atoms. The standard InChI is InChI=1S/C19H15N3OS/c1-2-7-17-14(6-1)16-11-15(13-5-3-9-20-12-13)21-22(16)19(23-17)18-8-4-10-24-18/h1-10,12,16,19H,11H2/t16-,19-/m0/s1. The summed E-state index contributed by atoms with van der Waals surface area (Å²) in [5, 5.41) is 9.10. The molecule has 0 spiro atoms. The van der Waals surface area contributed by atoms with Crippen molar-refractivity contribution in [3.8, 4) is 5.75 Å². The van der Waals surface area contributed by atoms with Crippen molar-refractivity contribution >= 4 is 17.0 Å². The largest absolute Gasteiger partial charge is 0.464 e. The van der Waals surface area contributed by atoms with Gasteiger partial charge in [0.25, 0.3) is 0 Å². The highest BCUT2D eigenvalue weighted by atomic mass is 32.1. The molecule has 0 fully saturated rings. The minimum atomic E-state index is -0.168. The van der Waals surface area contributed by atoms with Gasteiger partial charge in [0, 0.05) is 29.9 Å². The van der Waals surface area contributed by atoms with Gasteiger partial charge in [-0.2, -0.15) is 5.10 Å². The average molecular weight is 333 g/mol. The Labute approximate surface area is 144 Å². The SMILES string of the molecule is c1cncc(C2=NN3[C@@H](C2)c2ccccc2O[C@H]3c2cccs2)c1. The van der Waals surface area contributed by atoms with Gasteiger partial charge in [0.15, 0.2) is 0 Å². The third-order valence-corrected chi connectivity index (χ3v) is 5.38. The van der Waals surface area contributed by atoms with Crippen LogP contribution in [0.4, 0.5) is 0 Å². The molecule has 0 amide bonds. The summed E-state index contributed by atoms with van der Waals surface area (Å²) in [4.78, 5) is 5.40. The summed E-state index contributed by atoms with van der Waals surface area (Å²) in [5.41, 5.74) is 3.34. The Balaban J connectivity index is 1.61. The van der Waals surface area contributed by atoms with E-state index in [9.17, 15) is 0 Å². The van der Waals surface area contributed by atoms with E-state index in [0.29, 0.717) is 0 Å². The zero-order valence-corrected chi connectivity index (χ0v) is 13.7. The maximum Gasteiger partial charge on any atom is 0.222 e. The van der Waals surface area contributed by atoms with Gasteiger partial charge in [-0.25, -0.2) is 5.01 Å². The van der Waals surface area contributed by atoms with Gasteiger partial charge in [-0.15, -0.1) is 11.3 Å². The van der Waals surface area contributed by atoms with Crippen molar-refractivity contribution in [2.45, 2.75) is 18.7 Å². The van der Waals surface area contributed by atoms with Gasteiger partial charge in [-0.1, -0.05) is 30.3 Å². The molecule has 0 unspecified atom stereocenters. The number of pyridine rings is 1. The van der Waals surface area contributed by atoms with Crippen molar-refractivity contribution in [2.24, 2.45) is 5.10 Å². The van der Waals surface area contributed by atoms with Crippen LogP contribution in [0.2, 0.25) is 0 Å². The summed E-state index contributed by atoms with van der Waals surface area (Å²) < 4.78 is 6.29. The number of ether oxygens (including phenoxy) is 1. The first-order valence-electron chi connectivity index (χ1n) is 7.95. The molecule has 2 aromatic heterocycles. The molecule has 2 aliphatic rings. The van der Waals surface area contributed by atoms with E-state index in [1.165, 1.54) is 10.4 Å². The first kappa shape index (κ1) is 13.7. The van der Waals surface area contributed by atoms with Gasteiger partial charge in [0.2, 0.25) is 6.23 Å². The fourth-order valence-corrected chi connectivity index (χ4v) is 4.11. The summed E-state index contributed by atoms with van der Waals surface area (Å²) in [6.07, 6.45) is 4.37. The quantitative estimate of drug-likeness (QED) is 0.698. The summed E-state index contributed by atoms with van der Waals surface area (Å²) >= 11 is 1.70. The zero-order valence-electron chi connectivity index (χ0n) is 12.9. The Morgan fingerprint density at radius 3 is 2.88 bits per heavy atom. The van der Waals surface area contributed by atoms with Crippen LogP contribution in [0.5, 0.6) is 5.75 Å². The van der Waals surface area contributed by atoms with Crippen LogP contribution < -0.4 is 4.74 Å². The molecule has 5 heteroatoms. The topological polar surface area (TPSA) is 37.7 Å². The molecule has 0 bridgehead atoms. The number of hydrogen-bond acceptors (Lipinski definition) is 5. The third-order valence-electron chi connectivity index (χ3n) is 4.48. The number of rotatable bonds is 2. The molecule has 1 aromatic carbocycles. The van der Waals surface area contributed by atoms with E-state index in [0.717, 1.165) is 23.4 Å². The van der Waals surface area contributed by atoms with Gasteiger partial charge in [0.05, 0.1) is 16.6 Å². The first-order valence-corrected chi connectivity index (χ1v) is 8.83. The lowest BCUT2D eigenvalue weighted by atomic mass is 9.97. The van der Waals surface area contributed by atoms with Crippen molar-refractivity contribution in [2.75, 3.05) is 0 Å². The predicted octanol–water partition coefficient (Wildman–Crippen LogP) is 4.39. The highest BCUT2D eigenvalue weighted by Crippen LogP contribution is 2.47. The maximum absolute atomic E-state index is 6.29. The molecule has 118 valence electrons. The van der Waals surface area contributed by atoms with Crippen molar-refractivity contribution in [3.05, 3.63) is 82.3 Å². The van der Waals surface area contributed by atoms with Crippen LogP contribution in [0.1, 0.15) is 34.7 Å². The number of hydrogen-bond donors (Lipinski definition) is 0. The lowest BCUT2D eigenvalue weighted by Gasteiger charge is -2.37. The number of aromatic nitrogens is 1. The Morgan fingerprint density at radius 1 is 1.08 bits per heavy atom. The second kappa shape index (κ2) is 5.46. The number of para-hydroxylation sites is 1. The minimum absolute atomic E-state index is 0.168. The van der Waals surface area contributed by atoms with Crippen LogP contribution >= 0.6 is 11.3 Å². The molecule has 0 aliphatic carbocycles. The molecule has 2 aliphatic heterocycles. The molecule has 4 nitrogen and oxygen atoms in total. The van der Waals surface area contributed by atoms with E-state index >= 15 is 0 Å². The fourth-order valence-electron chi connectivity index (χ4n) is 3.36. The molecular formula is C19H15N3OS. The van der Waals surface area contributed by atoms with Crippen molar-refractivity contribution in [1.82, 2.24) is 9.99 Å². The van der Waals surface area contributed by atoms with Crippen LogP contribution in [0.3, 0.4) is 0 Å². The van der Waals surface area contributed by atoms with Crippen LogP contribution in [-0.4, -0.2) is 15.7 Å². The van der Waals surface area contributed by atoms with Gasteiger partial charge in [0.1, 0.15) is 5.75 Å². The number of fused-ring (bicyclic) bond motifs is 3. The molecule has 0 radical (unpaired) electrons. The normalized spacial score (nSPS) is 21.7. The summed E-state index contributed by atoms with van der Waals surface area (Å²) in [7, 11) is 0. The zero-order chi connectivity index (χ0) is 15.9. The molecule has 0 saturated heterocycles. The molecule has 2 atom stereocenters. The lowest BCUT2D eigenvalue weighted by Crippen LogP contribution is -2.33.